The number of anilines is 2. The molecule has 1 aliphatic rings. The van der Waals surface area contributed by atoms with Gasteiger partial charge in [-0.2, -0.15) is 5.10 Å². The van der Waals surface area contributed by atoms with E-state index in [1.54, 1.807) is 11.1 Å². The number of benzene rings is 2. The molecule has 126 valence electrons. The summed E-state index contributed by atoms with van der Waals surface area (Å²) in [6.45, 7) is 0.300. The van der Waals surface area contributed by atoms with Gasteiger partial charge in [0.25, 0.3) is 5.91 Å². The highest BCUT2D eigenvalue weighted by Crippen LogP contribution is 2.31. The van der Waals surface area contributed by atoms with Crippen molar-refractivity contribution in [1.82, 2.24) is 10.2 Å². The second-order valence-corrected chi connectivity index (χ2v) is 5.77. The molecule has 7 nitrogen and oxygen atoms in total. The second kappa shape index (κ2) is 6.27. The number of nitrogens with zero attached hydrogens (tertiary/aromatic N) is 2. The van der Waals surface area contributed by atoms with Gasteiger partial charge in [-0.05, 0) is 30.3 Å². The van der Waals surface area contributed by atoms with Crippen molar-refractivity contribution in [3.63, 3.8) is 0 Å². The molecule has 1 aliphatic heterocycles. The van der Waals surface area contributed by atoms with Crippen LogP contribution in [-0.2, 0) is 9.59 Å². The molecule has 0 bridgehead atoms. The summed E-state index contributed by atoms with van der Waals surface area (Å²) in [5.74, 6) is 0.360. The Morgan fingerprint density at radius 3 is 3.08 bits per heavy atom. The first-order chi connectivity index (χ1) is 12.2. The van der Waals surface area contributed by atoms with E-state index >= 15 is 0 Å². The first-order valence-electron chi connectivity index (χ1n) is 7.96. The fraction of sp³-hybridized carbons (Fsp3) is 0.167. The first-order valence-corrected chi connectivity index (χ1v) is 7.96. The zero-order valence-corrected chi connectivity index (χ0v) is 13.4. The predicted molar refractivity (Wildman–Crippen MR) is 93.6 cm³/mol. The smallest absolute Gasteiger partial charge is 0.265 e. The Kier molecular flexibility index (Phi) is 3.81. The Morgan fingerprint density at radius 2 is 2.16 bits per heavy atom. The van der Waals surface area contributed by atoms with Crippen molar-refractivity contribution >= 4 is 34.1 Å². The third kappa shape index (κ3) is 3.03. The lowest BCUT2D eigenvalue weighted by atomic mass is 10.2. The quantitative estimate of drug-likeness (QED) is 0.765. The lowest BCUT2D eigenvalue weighted by Crippen LogP contribution is -2.40. The second-order valence-electron chi connectivity index (χ2n) is 5.77. The zero-order valence-electron chi connectivity index (χ0n) is 13.4. The van der Waals surface area contributed by atoms with Crippen LogP contribution in [0.2, 0.25) is 0 Å². The normalized spacial score (nSPS) is 13.4. The fourth-order valence-corrected chi connectivity index (χ4v) is 2.86. The minimum absolute atomic E-state index is 0.00418. The lowest BCUT2D eigenvalue weighted by Gasteiger charge is -2.29. The minimum atomic E-state index is -0.153. The van der Waals surface area contributed by atoms with Crippen LogP contribution in [0.15, 0.2) is 48.7 Å². The summed E-state index contributed by atoms with van der Waals surface area (Å²) in [5.41, 5.74) is 2.31. The number of hydrogen-bond donors (Lipinski definition) is 2. The Labute approximate surface area is 143 Å². The van der Waals surface area contributed by atoms with E-state index in [0.29, 0.717) is 23.7 Å². The average Bonchev–Trinajstić information content (AvgIpc) is 3.08. The minimum Gasteiger partial charge on any atom is -0.482 e. The van der Waals surface area contributed by atoms with E-state index < -0.39 is 0 Å². The molecule has 0 saturated carbocycles. The van der Waals surface area contributed by atoms with Gasteiger partial charge in [0.05, 0.1) is 17.4 Å². The van der Waals surface area contributed by atoms with Crippen LogP contribution in [0.4, 0.5) is 11.4 Å². The predicted octanol–water partition coefficient (Wildman–Crippen LogP) is 2.32. The maximum Gasteiger partial charge on any atom is 0.265 e. The molecule has 3 aromatic rings. The van der Waals surface area contributed by atoms with Crippen molar-refractivity contribution < 1.29 is 14.3 Å². The Hall–Kier alpha value is -3.35. The van der Waals surface area contributed by atoms with Crippen LogP contribution in [0, 0.1) is 0 Å². The molecule has 0 spiro atoms. The van der Waals surface area contributed by atoms with E-state index in [4.69, 9.17) is 4.74 Å². The summed E-state index contributed by atoms with van der Waals surface area (Å²) in [5, 5.41) is 10.6. The number of fused-ring (bicyclic) bond motifs is 2. The Morgan fingerprint density at radius 1 is 1.28 bits per heavy atom. The molecule has 0 radical (unpaired) electrons. The largest absolute Gasteiger partial charge is 0.482 e. The zero-order chi connectivity index (χ0) is 17.2. The molecule has 0 unspecified atom stereocenters. The molecule has 4 rings (SSSR count). The molecule has 1 aromatic heterocycles. The van der Waals surface area contributed by atoms with Crippen LogP contribution in [0.1, 0.15) is 6.42 Å². The monoisotopic (exact) mass is 336 g/mol. The van der Waals surface area contributed by atoms with Gasteiger partial charge in [0, 0.05) is 24.0 Å². The van der Waals surface area contributed by atoms with E-state index in [0.717, 1.165) is 10.9 Å². The molecule has 2 N–H and O–H groups in total. The number of rotatable bonds is 4. The fourth-order valence-electron chi connectivity index (χ4n) is 2.86. The summed E-state index contributed by atoms with van der Waals surface area (Å²) in [6, 6.07) is 12.9. The summed E-state index contributed by atoms with van der Waals surface area (Å²) >= 11 is 0. The molecule has 2 heterocycles. The summed E-state index contributed by atoms with van der Waals surface area (Å²) < 4.78 is 5.40. The topological polar surface area (TPSA) is 87.3 Å². The maximum absolute atomic E-state index is 12.2. The van der Waals surface area contributed by atoms with Crippen molar-refractivity contribution in [3.8, 4) is 5.75 Å². The van der Waals surface area contributed by atoms with Gasteiger partial charge in [-0.25, -0.2) is 0 Å². The lowest BCUT2D eigenvalue weighted by molar-refractivity contribution is -0.121. The number of aromatic amines is 1. The van der Waals surface area contributed by atoms with Crippen LogP contribution in [0.5, 0.6) is 5.75 Å². The van der Waals surface area contributed by atoms with Crippen LogP contribution < -0.4 is 15.0 Å². The molecule has 25 heavy (non-hydrogen) atoms. The van der Waals surface area contributed by atoms with Gasteiger partial charge in [-0.15, -0.1) is 0 Å². The standard InChI is InChI=1S/C18H16N4O3/c23-17(20-13-5-6-14-12(9-13)10-19-21-14)7-8-22-15-3-1-2-4-16(15)25-11-18(22)24/h1-6,9-10H,7-8,11H2,(H,19,21)(H,20,23). The summed E-state index contributed by atoms with van der Waals surface area (Å²) in [6.07, 6.45) is 1.90. The van der Waals surface area contributed by atoms with Gasteiger partial charge in [-0.1, -0.05) is 12.1 Å². The molecular weight excluding hydrogens is 320 g/mol. The van der Waals surface area contributed by atoms with Crippen LogP contribution in [-0.4, -0.2) is 35.2 Å². The van der Waals surface area contributed by atoms with Crippen LogP contribution >= 0.6 is 0 Å². The highest BCUT2D eigenvalue weighted by atomic mass is 16.5. The maximum atomic E-state index is 12.2. The number of amides is 2. The van der Waals surface area contributed by atoms with Gasteiger partial charge in [0.15, 0.2) is 6.61 Å². The SMILES string of the molecule is O=C(CCN1C(=O)COc2ccccc21)Nc1ccc2[nH]ncc2c1. The van der Waals surface area contributed by atoms with Gasteiger partial charge >= 0.3 is 0 Å². The van der Waals surface area contributed by atoms with Crippen molar-refractivity contribution in [2.75, 3.05) is 23.4 Å². The molecule has 0 saturated heterocycles. The molecule has 7 heteroatoms. The number of carbonyl (C=O) groups is 2. The van der Waals surface area contributed by atoms with Gasteiger partial charge in [0.1, 0.15) is 5.75 Å². The highest BCUT2D eigenvalue weighted by molar-refractivity contribution is 5.99. The van der Waals surface area contributed by atoms with Crippen molar-refractivity contribution in [3.05, 3.63) is 48.7 Å². The van der Waals surface area contributed by atoms with E-state index in [1.165, 1.54) is 0 Å². The molecule has 2 amide bonds. The average molecular weight is 336 g/mol. The summed E-state index contributed by atoms with van der Waals surface area (Å²) in [4.78, 5) is 25.9. The number of ether oxygens (including phenoxy) is 1. The van der Waals surface area contributed by atoms with Gasteiger partial charge in [0.2, 0.25) is 5.91 Å². The van der Waals surface area contributed by atoms with E-state index in [9.17, 15) is 9.59 Å². The molecule has 0 atom stereocenters. The van der Waals surface area contributed by atoms with Crippen molar-refractivity contribution in [2.24, 2.45) is 0 Å². The molecule has 0 aliphatic carbocycles. The molecular formula is C18H16N4O3. The number of nitrogens with one attached hydrogen (secondary N) is 2. The number of H-pyrrole nitrogens is 1. The van der Waals surface area contributed by atoms with E-state index in [-0.39, 0.29) is 24.8 Å². The highest BCUT2D eigenvalue weighted by Gasteiger charge is 2.25. The van der Waals surface area contributed by atoms with E-state index in [2.05, 4.69) is 15.5 Å². The van der Waals surface area contributed by atoms with Gasteiger partial charge < -0.3 is 15.0 Å². The number of carbonyl (C=O) groups excluding carboxylic acids is 2. The number of para-hydroxylation sites is 2. The third-order valence-electron chi connectivity index (χ3n) is 4.09. The van der Waals surface area contributed by atoms with Crippen LogP contribution in [0.3, 0.4) is 0 Å². The Bertz CT molecular complexity index is 950. The number of hydrogen-bond acceptors (Lipinski definition) is 4. The molecule has 0 fully saturated rings. The summed E-state index contributed by atoms with van der Waals surface area (Å²) in [7, 11) is 0. The van der Waals surface area contributed by atoms with Crippen molar-refractivity contribution in [1.29, 1.82) is 0 Å². The Balaban J connectivity index is 1.42. The number of aromatic nitrogens is 2. The third-order valence-corrected chi connectivity index (χ3v) is 4.09. The first kappa shape index (κ1) is 15.2. The molecule has 2 aromatic carbocycles. The van der Waals surface area contributed by atoms with E-state index in [1.807, 2.05) is 42.5 Å². The van der Waals surface area contributed by atoms with Gasteiger partial charge in [-0.3, -0.25) is 14.7 Å². The van der Waals surface area contributed by atoms with Crippen molar-refractivity contribution in [2.45, 2.75) is 6.42 Å². The van der Waals surface area contributed by atoms with Crippen LogP contribution in [0.25, 0.3) is 10.9 Å².